The van der Waals surface area contributed by atoms with E-state index in [0.717, 1.165) is 4.47 Å². The van der Waals surface area contributed by atoms with Crippen LogP contribution in [0.5, 0.6) is 5.75 Å². The number of halogens is 2. The van der Waals surface area contributed by atoms with E-state index in [0.29, 0.717) is 17.9 Å². The summed E-state index contributed by atoms with van der Waals surface area (Å²) < 4.78 is 6.25. The minimum atomic E-state index is -0.214. The maximum absolute atomic E-state index is 11.6. The van der Waals surface area contributed by atoms with E-state index in [4.69, 9.17) is 4.74 Å². The summed E-state index contributed by atoms with van der Waals surface area (Å²) in [4.78, 5) is 11.4. The van der Waals surface area contributed by atoms with Gasteiger partial charge >= 0.3 is 0 Å². The molecule has 1 atom stereocenters. The molecule has 0 saturated heterocycles. The molecule has 1 heterocycles. The lowest BCUT2D eigenvalue weighted by Crippen LogP contribution is -2.27. The summed E-state index contributed by atoms with van der Waals surface area (Å²) in [6.07, 6.45) is 0. The lowest BCUT2D eigenvalue weighted by molar-refractivity contribution is 0.0945. The van der Waals surface area contributed by atoms with Crippen LogP contribution >= 0.6 is 31.9 Å². The van der Waals surface area contributed by atoms with Crippen LogP contribution in [0.2, 0.25) is 0 Å². The molecule has 0 saturated carbocycles. The van der Waals surface area contributed by atoms with Crippen molar-refractivity contribution in [1.29, 1.82) is 0 Å². The number of Topliss-reactive ketones (excluding diaryl/α,β-unsaturated/α-hetero) is 1. The van der Waals surface area contributed by atoms with Crippen LogP contribution in [-0.2, 0) is 0 Å². The van der Waals surface area contributed by atoms with Crippen molar-refractivity contribution in [2.45, 2.75) is 4.83 Å². The highest BCUT2D eigenvalue weighted by molar-refractivity contribution is 9.10. The smallest absolute Gasteiger partial charge is 0.183 e. The van der Waals surface area contributed by atoms with Crippen molar-refractivity contribution in [2.75, 3.05) is 6.61 Å². The quantitative estimate of drug-likeness (QED) is 0.689. The first kappa shape index (κ1) is 9.21. The molecular weight excluding hydrogens is 300 g/mol. The van der Waals surface area contributed by atoms with Gasteiger partial charge in [-0.25, -0.2) is 0 Å². The van der Waals surface area contributed by atoms with E-state index in [1.807, 2.05) is 12.1 Å². The molecule has 0 amide bonds. The summed E-state index contributed by atoms with van der Waals surface area (Å²) in [6, 6.07) is 5.46. The highest BCUT2D eigenvalue weighted by Gasteiger charge is 2.27. The number of para-hydroxylation sites is 1. The van der Waals surface area contributed by atoms with Gasteiger partial charge in [-0.05, 0) is 28.1 Å². The third kappa shape index (κ3) is 1.53. The molecule has 1 aromatic rings. The number of carbonyl (C=O) groups excluding carboxylic acids is 1. The average molecular weight is 306 g/mol. The van der Waals surface area contributed by atoms with Crippen molar-refractivity contribution >= 4 is 37.6 Å². The average Bonchev–Trinajstić information content (AvgIpc) is 2.12. The molecule has 0 bridgehead atoms. The minimum absolute atomic E-state index is 0.0857. The molecular formula is C9H6Br2O2. The standard InChI is InChI=1S/C9H6Br2O2/c10-6-3-1-2-5-8(12)7(11)4-13-9(5)6/h1-3,7H,4H2. The van der Waals surface area contributed by atoms with Crippen LogP contribution in [0.1, 0.15) is 10.4 Å². The summed E-state index contributed by atoms with van der Waals surface area (Å²) in [5.74, 6) is 0.741. The first-order chi connectivity index (χ1) is 6.20. The second kappa shape index (κ2) is 3.42. The van der Waals surface area contributed by atoms with Crippen molar-refractivity contribution in [3.8, 4) is 5.75 Å². The van der Waals surface area contributed by atoms with Gasteiger partial charge in [-0.2, -0.15) is 0 Å². The lowest BCUT2D eigenvalue weighted by atomic mass is 10.1. The van der Waals surface area contributed by atoms with Gasteiger partial charge in [0.15, 0.2) is 5.78 Å². The summed E-state index contributed by atoms with van der Waals surface area (Å²) in [7, 11) is 0. The topological polar surface area (TPSA) is 26.3 Å². The van der Waals surface area contributed by atoms with E-state index < -0.39 is 0 Å². The second-order valence-corrected chi connectivity index (χ2v) is 4.72. The Morgan fingerprint density at radius 3 is 3.00 bits per heavy atom. The number of ketones is 1. The second-order valence-electron chi connectivity index (χ2n) is 2.76. The fourth-order valence-electron chi connectivity index (χ4n) is 1.25. The van der Waals surface area contributed by atoms with Crippen molar-refractivity contribution in [2.24, 2.45) is 0 Å². The van der Waals surface area contributed by atoms with Crippen molar-refractivity contribution in [1.82, 2.24) is 0 Å². The molecule has 0 spiro atoms. The van der Waals surface area contributed by atoms with Gasteiger partial charge in [-0.1, -0.05) is 22.0 Å². The molecule has 0 fully saturated rings. The molecule has 0 aromatic heterocycles. The molecule has 1 unspecified atom stereocenters. The summed E-state index contributed by atoms with van der Waals surface area (Å²) in [5, 5.41) is 0. The Hall–Kier alpha value is -0.350. The van der Waals surface area contributed by atoms with Crippen LogP contribution in [0, 0.1) is 0 Å². The van der Waals surface area contributed by atoms with Gasteiger partial charge in [0.2, 0.25) is 0 Å². The molecule has 1 aromatic carbocycles. The zero-order chi connectivity index (χ0) is 9.42. The number of hydrogen-bond acceptors (Lipinski definition) is 2. The Kier molecular flexibility index (Phi) is 2.43. The number of benzene rings is 1. The largest absolute Gasteiger partial charge is 0.490 e. The normalized spacial score (nSPS) is 20.8. The zero-order valence-corrected chi connectivity index (χ0v) is 9.76. The Bertz CT molecular complexity index is 363. The van der Waals surface area contributed by atoms with E-state index >= 15 is 0 Å². The molecule has 13 heavy (non-hydrogen) atoms. The van der Waals surface area contributed by atoms with Gasteiger partial charge in [0, 0.05) is 0 Å². The monoisotopic (exact) mass is 304 g/mol. The van der Waals surface area contributed by atoms with Crippen LogP contribution in [0.25, 0.3) is 0 Å². The molecule has 1 aliphatic heterocycles. The molecule has 1 aliphatic rings. The fourth-order valence-corrected chi connectivity index (χ4v) is 2.11. The summed E-state index contributed by atoms with van der Waals surface area (Å²) in [5.41, 5.74) is 0.641. The van der Waals surface area contributed by atoms with Crippen LogP contribution in [0.15, 0.2) is 22.7 Å². The summed E-state index contributed by atoms with van der Waals surface area (Å²) >= 11 is 6.60. The third-order valence-electron chi connectivity index (χ3n) is 1.89. The third-order valence-corrected chi connectivity index (χ3v) is 3.20. The van der Waals surface area contributed by atoms with Gasteiger partial charge in [0.1, 0.15) is 17.2 Å². The summed E-state index contributed by atoms with van der Waals surface area (Å²) in [6.45, 7) is 0.397. The number of alkyl halides is 1. The predicted octanol–water partition coefficient (Wildman–Crippen LogP) is 2.79. The first-order valence-electron chi connectivity index (χ1n) is 3.80. The Labute approximate surface area is 92.5 Å². The maximum Gasteiger partial charge on any atom is 0.183 e. The van der Waals surface area contributed by atoms with Crippen molar-refractivity contribution in [3.05, 3.63) is 28.2 Å². The maximum atomic E-state index is 11.6. The Balaban J connectivity index is 2.55. The van der Waals surface area contributed by atoms with E-state index in [9.17, 15) is 4.79 Å². The predicted molar refractivity (Wildman–Crippen MR) is 56.7 cm³/mol. The van der Waals surface area contributed by atoms with Crippen LogP contribution in [-0.4, -0.2) is 17.2 Å². The Morgan fingerprint density at radius 1 is 1.46 bits per heavy atom. The number of carbonyl (C=O) groups is 1. The number of fused-ring (bicyclic) bond motifs is 1. The van der Waals surface area contributed by atoms with Gasteiger partial charge < -0.3 is 4.74 Å². The molecule has 2 nitrogen and oxygen atoms in total. The van der Waals surface area contributed by atoms with E-state index in [1.54, 1.807) is 6.07 Å². The molecule has 68 valence electrons. The van der Waals surface area contributed by atoms with E-state index in [-0.39, 0.29) is 10.6 Å². The van der Waals surface area contributed by atoms with E-state index in [2.05, 4.69) is 31.9 Å². The van der Waals surface area contributed by atoms with Gasteiger partial charge in [-0.15, -0.1) is 0 Å². The van der Waals surface area contributed by atoms with Crippen molar-refractivity contribution in [3.63, 3.8) is 0 Å². The lowest BCUT2D eigenvalue weighted by Gasteiger charge is -2.20. The van der Waals surface area contributed by atoms with Gasteiger partial charge in [-0.3, -0.25) is 4.79 Å². The molecule has 0 N–H and O–H groups in total. The highest BCUT2D eigenvalue weighted by atomic mass is 79.9. The fraction of sp³-hybridized carbons (Fsp3) is 0.222. The highest BCUT2D eigenvalue weighted by Crippen LogP contribution is 2.34. The van der Waals surface area contributed by atoms with Crippen molar-refractivity contribution < 1.29 is 9.53 Å². The molecule has 4 heteroatoms. The number of rotatable bonds is 0. The first-order valence-corrected chi connectivity index (χ1v) is 5.50. The van der Waals surface area contributed by atoms with Gasteiger partial charge in [0.25, 0.3) is 0 Å². The van der Waals surface area contributed by atoms with Crippen LogP contribution < -0.4 is 4.74 Å². The number of ether oxygens (including phenoxy) is 1. The van der Waals surface area contributed by atoms with Crippen LogP contribution in [0.3, 0.4) is 0 Å². The minimum Gasteiger partial charge on any atom is -0.490 e. The molecule has 2 rings (SSSR count). The molecule has 0 aliphatic carbocycles. The number of hydrogen-bond donors (Lipinski definition) is 0. The molecule has 0 radical (unpaired) electrons. The zero-order valence-electron chi connectivity index (χ0n) is 6.59. The SMILES string of the molecule is O=C1c2cccc(Br)c2OCC1Br. The van der Waals surface area contributed by atoms with Crippen LogP contribution in [0.4, 0.5) is 0 Å². The Morgan fingerprint density at radius 2 is 2.23 bits per heavy atom. The van der Waals surface area contributed by atoms with E-state index in [1.165, 1.54) is 0 Å². The van der Waals surface area contributed by atoms with Gasteiger partial charge in [0.05, 0.1) is 10.0 Å².